The molecule has 0 aliphatic carbocycles. The topological polar surface area (TPSA) is 63.1 Å². The summed E-state index contributed by atoms with van der Waals surface area (Å²) in [5.41, 5.74) is 2.85. The van der Waals surface area contributed by atoms with Gasteiger partial charge in [0.2, 0.25) is 5.95 Å². The molecule has 0 amide bonds. The number of nitrogens with one attached hydrogen (secondary N) is 1. The fraction of sp³-hybridized carbons (Fsp3) is 0.250. The van der Waals surface area contributed by atoms with Gasteiger partial charge in [-0.25, -0.2) is 4.98 Å². The lowest BCUT2D eigenvalue weighted by molar-refractivity contribution is 0.674. The third kappa shape index (κ3) is 1.96. The van der Waals surface area contributed by atoms with Crippen molar-refractivity contribution in [3.63, 3.8) is 0 Å². The fourth-order valence-corrected chi connectivity index (χ4v) is 5.42. The molecule has 0 atom stereocenters. The third-order valence-electron chi connectivity index (χ3n) is 4.39. The minimum Gasteiger partial charge on any atom is -0.357 e. The summed E-state index contributed by atoms with van der Waals surface area (Å²) in [4.78, 5) is 10.0. The number of thiol groups is 1. The molecule has 0 spiro atoms. The van der Waals surface area contributed by atoms with Crippen molar-refractivity contribution >= 4 is 32.9 Å². The average molecular weight is 329 g/mol. The lowest BCUT2D eigenvalue weighted by Gasteiger charge is -2.28. The smallest absolute Gasteiger partial charge is 0.225 e. The van der Waals surface area contributed by atoms with Crippen molar-refractivity contribution < 1.29 is 4.21 Å². The van der Waals surface area contributed by atoms with Crippen LogP contribution in [0.3, 0.4) is 0 Å². The van der Waals surface area contributed by atoms with Crippen LogP contribution in [-0.2, 0) is 23.7 Å². The van der Waals surface area contributed by atoms with Gasteiger partial charge in [-0.3, -0.25) is 8.51 Å². The molecule has 1 aromatic carbocycles. The molecule has 0 radical (unpaired) electrons. The Morgan fingerprint density at radius 1 is 1.22 bits per heavy atom. The Balaban J connectivity index is 1.97. The maximum atomic E-state index is 13.5. The quantitative estimate of drug-likeness (QED) is 0.706. The average Bonchev–Trinajstić information content (AvgIpc) is 3.05. The Morgan fingerprint density at radius 3 is 2.74 bits per heavy atom. The van der Waals surface area contributed by atoms with E-state index >= 15 is 0 Å². The van der Waals surface area contributed by atoms with Crippen LogP contribution in [0.15, 0.2) is 41.4 Å². The van der Waals surface area contributed by atoms with Gasteiger partial charge in [0.25, 0.3) is 0 Å². The summed E-state index contributed by atoms with van der Waals surface area (Å²) in [5.74, 6) is 1.25. The van der Waals surface area contributed by atoms with Crippen LogP contribution in [0, 0.1) is 0 Å². The van der Waals surface area contributed by atoms with E-state index in [0.29, 0.717) is 18.3 Å². The highest BCUT2D eigenvalue weighted by Gasteiger charge is 2.34. The molecule has 1 N–H and O–H groups in total. The predicted octanol–water partition coefficient (Wildman–Crippen LogP) is 1.95. The minimum absolute atomic E-state index is 0.537. The van der Waals surface area contributed by atoms with E-state index in [1.807, 2.05) is 58.7 Å². The molecule has 3 heterocycles. The molecule has 1 aliphatic rings. The molecular weight excluding hydrogens is 310 g/mol. The van der Waals surface area contributed by atoms with Crippen LogP contribution >= 0.6 is 0 Å². The summed E-state index contributed by atoms with van der Waals surface area (Å²) in [6, 6.07) is 9.87. The Bertz CT molecular complexity index is 964. The van der Waals surface area contributed by atoms with Crippen LogP contribution in [-0.4, -0.2) is 32.0 Å². The van der Waals surface area contributed by atoms with Crippen molar-refractivity contribution in [1.82, 2.24) is 14.5 Å². The number of benzene rings is 1. The molecular formula is C16H19N5OS. The van der Waals surface area contributed by atoms with E-state index in [1.54, 1.807) is 7.05 Å². The Kier molecular flexibility index (Phi) is 2.96. The highest BCUT2D eigenvalue weighted by Crippen LogP contribution is 2.39. The third-order valence-corrected chi connectivity index (χ3v) is 6.97. The van der Waals surface area contributed by atoms with E-state index in [4.69, 9.17) is 0 Å². The second-order valence-electron chi connectivity index (χ2n) is 5.85. The molecule has 0 unspecified atom stereocenters. The molecule has 2 aromatic heterocycles. The number of aromatic nitrogens is 3. The molecule has 0 bridgehead atoms. The van der Waals surface area contributed by atoms with Gasteiger partial charge in [-0.15, -0.1) is 0 Å². The molecule has 0 fully saturated rings. The summed E-state index contributed by atoms with van der Waals surface area (Å²) < 4.78 is 17.4. The van der Waals surface area contributed by atoms with E-state index in [9.17, 15) is 4.21 Å². The van der Waals surface area contributed by atoms with Crippen molar-refractivity contribution in [3.8, 4) is 0 Å². The van der Waals surface area contributed by atoms with Gasteiger partial charge >= 0.3 is 0 Å². The molecule has 7 heteroatoms. The molecule has 3 aromatic rings. The number of hydrogen-bond acceptors (Lipinski definition) is 4. The second kappa shape index (κ2) is 4.79. The lowest BCUT2D eigenvalue weighted by atomic mass is 10.2. The lowest BCUT2D eigenvalue weighted by Crippen LogP contribution is -2.31. The van der Waals surface area contributed by atoms with Crippen LogP contribution in [0.1, 0.15) is 5.56 Å². The Morgan fingerprint density at radius 2 is 2.00 bits per heavy atom. The molecule has 1 aliphatic heterocycles. The summed E-state index contributed by atoms with van der Waals surface area (Å²) in [7, 11) is 1.05. The van der Waals surface area contributed by atoms with Gasteiger partial charge in [-0.05, 0) is 27.8 Å². The first kappa shape index (κ1) is 14.2. The van der Waals surface area contributed by atoms with Gasteiger partial charge in [0.1, 0.15) is 5.52 Å². The number of anilines is 2. The maximum absolute atomic E-state index is 13.5. The van der Waals surface area contributed by atoms with Gasteiger partial charge < -0.3 is 9.88 Å². The Labute approximate surface area is 135 Å². The zero-order valence-electron chi connectivity index (χ0n) is 13.3. The largest absolute Gasteiger partial charge is 0.357 e. The SMILES string of the molecule is CNc1nc(N2Cc3ccccc3[SH]2(C)=O)c2c(ccn2C)n1. The summed E-state index contributed by atoms with van der Waals surface area (Å²) in [6.07, 6.45) is 3.76. The second-order valence-corrected chi connectivity index (χ2v) is 8.57. The minimum atomic E-state index is -2.69. The van der Waals surface area contributed by atoms with Crippen molar-refractivity contribution in [1.29, 1.82) is 0 Å². The predicted molar refractivity (Wildman–Crippen MR) is 94.4 cm³/mol. The van der Waals surface area contributed by atoms with Crippen molar-refractivity contribution in [2.24, 2.45) is 7.05 Å². The zero-order valence-corrected chi connectivity index (χ0v) is 14.2. The highest BCUT2D eigenvalue weighted by atomic mass is 32.3. The monoisotopic (exact) mass is 329 g/mol. The summed E-state index contributed by atoms with van der Waals surface area (Å²) >= 11 is 0. The van der Waals surface area contributed by atoms with Crippen LogP contribution < -0.4 is 9.62 Å². The van der Waals surface area contributed by atoms with Gasteiger partial charge in [-0.1, -0.05) is 18.2 Å². The zero-order chi connectivity index (χ0) is 16.2. The standard InChI is InChI=1S/C16H19N5OS/c1-17-16-18-12-8-9-20(2)14(12)15(19-16)21-10-11-6-4-5-7-13(11)23(21,3)22/h4-9,23H,10H2,1-3H3,(H,17,18,19). The van der Waals surface area contributed by atoms with Crippen LogP contribution in [0.5, 0.6) is 0 Å². The van der Waals surface area contributed by atoms with Crippen molar-refractivity contribution in [2.75, 3.05) is 22.9 Å². The van der Waals surface area contributed by atoms with Gasteiger partial charge in [0.15, 0.2) is 5.82 Å². The molecule has 0 saturated heterocycles. The van der Waals surface area contributed by atoms with Crippen LogP contribution in [0.4, 0.5) is 11.8 Å². The molecule has 120 valence electrons. The van der Waals surface area contributed by atoms with Crippen molar-refractivity contribution in [2.45, 2.75) is 11.4 Å². The van der Waals surface area contributed by atoms with E-state index in [2.05, 4.69) is 15.3 Å². The van der Waals surface area contributed by atoms with E-state index in [0.717, 1.165) is 21.5 Å². The van der Waals surface area contributed by atoms with Crippen LogP contribution in [0.25, 0.3) is 11.0 Å². The highest BCUT2D eigenvalue weighted by molar-refractivity contribution is 8.04. The number of aryl methyl sites for hydroxylation is 1. The normalized spacial score (nSPS) is 17.3. The Hall–Kier alpha value is -2.41. The molecule has 6 nitrogen and oxygen atoms in total. The van der Waals surface area contributed by atoms with Gasteiger partial charge in [0.05, 0.1) is 12.1 Å². The molecule has 23 heavy (non-hydrogen) atoms. The summed E-state index contributed by atoms with van der Waals surface area (Å²) in [5, 5.41) is 2.99. The van der Waals surface area contributed by atoms with E-state index < -0.39 is 10.1 Å². The van der Waals surface area contributed by atoms with Gasteiger partial charge in [-0.2, -0.15) is 4.98 Å². The number of nitrogens with zero attached hydrogens (tertiary/aromatic N) is 4. The number of fused-ring (bicyclic) bond motifs is 2. The number of rotatable bonds is 2. The summed E-state index contributed by atoms with van der Waals surface area (Å²) in [6.45, 7) is 0.602. The number of hydrogen-bond donors (Lipinski definition) is 2. The van der Waals surface area contributed by atoms with E-state index in [-0.39, 0.29) is 0 Å². The fourth-order valence-electron chi connectivity index (χ4n) is 3.19. The first-order valence-corrected chi connectivity index (χ1v) is 9.58. The van der Waals surface area contributed by atoms with Gasteiger partial charge in [0, 0.05) is 31.4 Å². The van der Waals surface area contributed by atoms with Crippen LogP contribution in [0.2, 0.25) is 0 Å². The molecule has 4 rings (SSSR count). The first-order valence-electron chi connectivity index (χ1n) is 7.47. The maximum Gasteiger partial charge on any atom is 0.225 e. The van der Waals surface area contributed by atoms with Crippen molar-refractivity contribution in [3.05, 3.63) is 42.1 Å². The molecule has 0 saturated carbocycles. The first-order chi connectivity index (χ1) is 11.0. The van der Waals surface area contributed by atoms with E-state index in [1.165, 1.54) is 0 Å².